The van der Waals surface area contributed by atoms with Crippen molar-refractivity contribution in [2.45, 2.75) is 13.5 Å². The van der Waals surface area contributed by atoms with Gasteiger partial charge in [0.05, 0.1) is 13.7 Å². The Balaban J connectivity index is 2.49. The second-order valence-electron chi connectivity index (χ2n) is 4.04. The van der Waals surface area contributed by atoms with Gasteiger partial charge in [-0.25, -0.2) is 9.37 Å². The van der Waals surface area contributed by atoms with Gasteiger partial charge in [-0.3, -0.25) is 9.36 Å². The first-order chi connectivity index (χ1) is 9.01. The summed E-state index contributed by atoms with van der Waals surface area (Å²) in [6.45, 7) is 1.77. The maximum Gasteiger partial charge on any atom is 0.299 e. The zero-order valence-corrected chi connectivity index (χ0v) is 12.1. The van der Waals surface area contributed by atoms with Crippen LogP contribution in [0.3, 0.4) is 0 Å². The molecule has 0 radical (unpaired) electrons. The first kappa shape index (κ1) is 13.7. The average molecular weight is 327 g/mol. The number of ether oxygens (including phenoxy) is 1. The third kappa shape index (κ3) is 3.01. The summed E-state index contributed by atoms with van der Waals surface area (Å²) in [4.78, 5) is 16.0. The molecule has 0 atom stereocenters. The molecule has 4 nitrogen and oxygen atoms in total. The fourth-order valence-electron chi connectivity index (χ4n) is 1.73. The van der Waals surface area contributed by atoms with Crippen LogP contribution in [0.2, 0.25) is 0 Å². The smallest absolute Gasteiger partial charge is 0.299 e. The summed E-state index contributed by atoms with van der Waals surface area (Å²) in [6, 6.07) is 6.13. The number of benzene rings is 1. The number of halogens is 2. The summed E-state index contributed by atoms with van der Waals surface area (Å²) in [5.74, 6) is -0.377. The lowest BCUT2D eigenvalue weighted by atomic mass is 10.2. The fourth-order valence-corrected chi connectivity index (χ4v) is 2.14. The highest BCUT2D eigenvalue weighted by Gasteiger charge is 2.11. The molecule has 2 rings (SSSR count). The van der Waals surface area contributed by atoms with Crippen LogP contribution in [-0.2, 0) is 6.54 Å². The number of methoxy groups -OCH3 is 1. The molecular formula is C13H12BrFN2O2. The predicted molar refractivity (Wildman–Crippen MR) is 73.0 cm³/mol. The first-order valence-corrected chi connectivity index (χ1v) is 6.37. The fraction of sp³-hybridized carbons (Fsp3) is 0.231. The number of rotatable bonds is 3. The Hall–Kier alpha value is -1.69. The number of aromatic nitrogens is 2. The van der Waals surface area contributed by atoms with Crippen molar-refractivity contribution in [1.82, 2.24) is 9.55 Å². The topological polar surface area (TPSA) is 44.1 Å². The van der Waals surface area contributed by atoms with Gasteiger partial charge in [-0.15, -0.1) is 0 Å². The van der Waals surface area contributed by atoms with Gasteiger partial charge in [-0.2, -0.15) is 0 Å². The van der Waals surface area contributed by atoms with E-state index in [1.807, 2.05) is 0 Å². The Morgan fingerprint density at radius 2 is 2.16 bits per heavy atom. The van der Waals surface area contributed by atoms with Gasteiger partial charge >= 0.3 is 0 Å². The van der Waals surface area contributed by atoms with E-state index in [1.165, 1.54) is 23.8 Å². The minimum Gasteiger partial charge on any atom is -0.468 e. The van der Waals surface area contributed by atoms with E-state index in [0.29, 0.717) is 11.3 Å². The highest BCUT2D eigenvalue weighted by Crippen LogP contribution is 2.17. The maximum absolute atomic E-state index is 13.7. The molecular weight excluding hydrogens is 315 g/mol. The van der Waals surface area contributed by atoms with Crippen LogP contribution in [0.1, 0.15) is 11.3 Å². The Labute approximate surface area is 118 Å². The van der Waals surface area contributed by atoms with E-state index < -0.39 is 0 Å². The molecule has 0 aliphatic carbocycles. The molecule has 0 bridgehead atoms. The van der Waals surface area contributed by atoms with Crippen LogP contribution < -0.4 is 10.3 Å². The van der Waals surface area contributed by atoms with Crippen LogP contribution in [0.15, 0.2) is 33.5 Å². The summed E-state index contributed by atoms with van der Waals surface area (Å²) in [7, 11) is 1.43. The monoisotopic (exact) mass is 326 g/mol. The molecule has 1 aromatic heterocycles. The van der Waals surface area contributed by atoms with Crippen molar-refractivity contribution < 1.29 is 9.13 Å². The predicted octanol–water partition coefficient (Wildman–Crippen LogP) is 2.51. The highest BCUT2D eigenvalue weighted by atomic mass is 79.9. The molecule has 0 fully saturated rings. The third-order valence-corrected chi connectivity index (χ3v) is 3.11. The van der Waals surface area contributed by atoms with Crippen molar-refractivity contribution >= 4 is 15.9 Å². The van der Waals surface area contributed by atoms with E-state index in [9.17, 15) is 9.18 Å². The molecule has 0 amide bonds. The van der Waals surface area contributed by atoms with Crippen molar-refractivity contribution in [2.75, 3.05) is 7.11 Å². The maximum atomic E-state index is 13.7. The van der Waals surface area contributed by atoms with E-state index in [2.05, 4.69) is 20.9 Å². The first-order valence-electron chi connectivity index (χ1n) is 5.57. The molecule has 19 heavy (non-hydrogen) atoms. The molecule has 0 aliphatic rings. The SMILES string of the molecule is COc1nc(C)cc(=O)n1Cc1cc(Br)ccc1F. The van der Waals surface area contributed by atoms with E-state index >= 15 is 0 Å². The standard InChI is InChI=1S/C13H12BrFN2O2/c1-8-5-12(18)17(13(16-8)19-2)7-9-6-10(14)3-4-11(9)15/h3-6H,7H2,1-2H3. The Morgan fingerprint density at radius 1 is 1.42 bits per heavy atom. The van der Waals surface area contributed by atoms with Crippen LogP contribution in [0, 0.1) is 12.7 Å². The van der Waals surface area contributed by atoms with E-state index in [4.69, 9.17) is 4.74 Å². The summed E-state index contributed by atoms with van der Waals surface area (Å²) in [5.41, 5.74) is 0.678. The van der Waals surface area contributed by atoms with Gasteiger partial charge in [-0.05, 0) is 25.1 Å². The van der Waals surface area contributed by atoms with Crippen LogP contribution in [-0.4, -0.2) is 16.7 Å². The summed E-state index contributed by atoms with van der Waals surface area (Å²) < 4.78 is 20.8. The summed E-state index contributed by atoms with van der Waals surface area (Å²) in [6.07, 6.45) is 0. The van der Waals surface area contributed by atoms with Crippen LogP contribution in [0.5, 0.6) is 6.01 Å². The molecule has 1 aromatic carbocycles. The molecule has 2 aromatic rings. The molecule has 0 spiro atoms. The lowest BCUT2D eigenvalue weighted by Crippen LogP contribution is -2.23. The van der Waals surface area contributed by atoms with Gasteiger partial charge in [0.2, 0.25) is 0 Å². The van der Waals surface area contributed by atoms with Gasteiger partial charge in [0.25, 0.3) is 11.6 Å². The quantitative estimate of drug-likeness (QED) is 0.870. The molecule has 6 heteroatoms. The van der Waals surface area contributed by atoms with Gasteiger partial charge < -0.3 is 4.74 Å². The van der Waals surface area contributed by atoms with Crippen molar-refractivity contribution in [3.8, 4) is 6.01 Å². The minimum atomic E-state index is -0.377. The Kier molecular flexibility index (Phi) is 3.99. The number of nitrogens with zero attached hydrogens (tertiary/aromatic N) is 2. The molecule has 100 valence electrons. The molecule has 0 saturated carbocycles. The second-order valence-corrected chi connectivity index (χ2v) is 4.96. The highest BCUT2D eigenvalue weighted by molar-refractivity contribution is 9.10. The van der Waals surface area contributed by atoms with E-state index in [1.54, 1.807) is 19.1 Å². The van der Waals surface area contributed by atoms with E-state index in [0.717, 1.165) is 4.47 Å². The van der Waals surface area contributed by atoms with Gasteiger partial charge in [-0.1, -0.05) is 15.9 Å². The van der Waals surface area contributed by atoms with Crippen molar-refractivity contribution in [3.05, 3.63) is 56.2 Å². The number of hydrogen-bond donors (Lipinski definition) is 0. The Morgan fingerprint density at radius 3 is 2.84 bits per heavy atom. The van der Waals surface area contributed by atoms with Crippen molar-refractivity contribution in [2.24, 2.45) is 0 Å². The summed E-state index contributed by atoms with van der Waals surface area (Å²) >= 11 is 3.27. The van der Waals surface area contributed by atoms with Crippen LogP contribution >= 0.6 is 15.9 Å². The largest absolute Gasteiger partial charge is 0.468 e. The summed E-state index contributed by atoms with van der Waals surface area (Å²) in [5, 5.41) is 0. The molecule has 0 aliphatic heterocycles. The molecule has 0 unspecified atom stereocenters. The number of aryl methyl sites for hydroxylation is 1. The Bertz CT molecular complexity index is 670. The molecule has 0 N–H and O–H groups in total. The lowest BCUT2D eigenvalue weighted by molar-refractivity contribution is 0.349. The van der Waals surface area contributed by atoms with Crippen LogP contribution in [0.25, 0.3) is 0 Å². The molecule has 0 saturated heterocycles. The lowest BCUT2D eigenvalue weighted by Gasteiger charge is -2.11. The van der Waals surface area contributed by atoms with Gasteiger partial charge in [0, 0.05) is 21.8 Å². The minimum absolute atomic E-state index is 0.0700. The van der Waals surface area contributed by atoms with Crippen LogP contribution in [0.4, 0.5) is 4.39 Å². The van der Waals surface area contributed by atoms with E-state index in [-0.39, 0.29) is 23.9 Å². The van der Waals surface area contributed by atoms with Crippen molar-refractivity contribution in [1.29, 1.82) is 0 Å². The second kappa shape index (κ2) is 5.52. The average Bonchev–Trinajstić information content (AvgIpc) is 2.36. The zero-order chi connectivity index (χ0) is 14.0. The molecule has 1 heterocycles. The zero-order valence-electron chi connectivity index (χ0n) is 10.5. The normalized spacial score (nSPS) is 10.5. The van der Waals surface area contributed by atoms with Gasteiger partial charge in [0.15, 0.2) is 0 Å². The number of hydrogen-bond acceptors (Lipinski definition) is 3. The van der Waals surface area contributed by atoms with Crippen molar-refractivity contribution in [3.63, 3.8) is 0 Å². The van der Waals surface area contributed by atoms with Gasteiger partial charge in [0.1, 0.15) is 5.82 Å². The third-order valence-electron chi connectivity index (χ3n) is 2.62.